The number of amides is 1. The molecule has 0 fully saturated rings. The number of carbonyl (C=O) groups is 1. The van der Waals surface area contributed by atoms with Gasteiger partial charge in [0.05, 0.1) is 17.6 Å². The van der Waals surface area contributed by atoms with Crippen LogP contribution in [0.2, 0.25) is 5.02 Å². The second-order valence-electron chi connectivity index (χ2n) is 6.58. The van der Waals surface area contributed by atoms with Crippen molar-refractivity contribution in [2.24, 2.45) is 0 Å². The van der Waals surface area contributed by atoms with Crippen LogP contribution >= 0.6 is 11.6 Å². The largest absolute Gasteiger partial charge is 0.495 e. The normalized spacial score (nSPS) is 10.9. The van der Waals surface area contributed by atoms with E-state index in [4.69, 9.17) is 16.3 Å². The maximum atomic E-state index is 12.4. The summed E-state index contributed by atoms with van der Waals surface area (Å²) in [5.41, 5.74) is 1.75. The highest BCUT2D eigenvalue weighted by atomic mass is 35.5. The number of nitrogens with one attached hydrogen (secondary N) is 2. The average molecular weight is 425 g/mol. The van der Waals surface area contributed by atoms with Gasteiger partial charge in [-0.1, -0.05) is 23.7 Å². The topological polar surface area (TPSA) is 86.0 Å². The lowest BCUT2D eigenvalue weighted by atomic mass is 10.2. The first-order valence-electron chi connectivity index (χ1n) is 9.45. The quantitative estimate of drug-likeness (QED) is 0.424. The third-order valence-electron chi connectivity index (χ3n) is 4.58. The lowest BCUT2D eigenvalue weighted by molar-refractivity contribution is -0.121. The van der Waals surface area contributed by atoms with Crippen molar-refractivity contribution < 1.29 is 9.53 Å². The van der Waals surface area contributed by atoms with Gasteiger partial charge in [-0.2, -0.15) is 10.2 Å². The molecule has 0 saturated heterocycles. The molecule has 0 bridgehead atoms. The van der Waals surface area contributed by atoms with Gasteiger partial charge in [-0.25, -0.2) is 4.68 Å². The molecule has 0 aliphatic rings. The number of para-hydroxylation sites is 1. The number of rotatable bonds is 8. The predicted octanol–water partition coefficient (Wildman–Crippen LogP) is 3.11. The fourth-order valence-electron chi connectivity index (χ4n) is 3.16. The summed E-state index contributed by atoms with van der Waals surface area (Å²) in [4.78, 5) is 12.4. The van der Waals surface area contributed by atoms with E-state index in [1.165, 1.54) is 0 Å². The standard InChI is InChI=1S/C21H21ClN6O2/c1-30-19-13-15(7-8-17(19)22)23-10-11-24-20(29)14-28-18-6-3-2-5-16(18)21(26-28)27-12-4-9-25-27/h2-9,12-13,23H,10-11,14H2,1H3,(H,24,29). The van der Waals surface area contributed by atoms with Crippen LogP contribution in [0.3, 0.4) is 0 Å². The maximum absolute atomic E-state index is 12.4. The van der Waals surface area contributed by atoms with E-state index >= 15 is 0 Å². The zero-order valence-corrected chi connectivity index (χ0v) is 17.1. The first-order chi connectivity index (χ1) is 14.7. The Hall–Kier alpha value is -3.52. The molecular weight excluding hydrogens is 404 g/mol. The van der Waals surface area contributed by atoms with Gasteiger partial charge in [0.25, 0.3) is 0 Å². The number of halogens is 1. The Balaban J connectivity index is 1.36. The number of aromatic nitrogens is 4. The maximum Gasteiger partial charge on any atom is 0.241 e. The molecule has 0 aliphatic carbocycles. The monoisotopic (exact) mass is 424 g/mol. The van der Waals surface area contributed by atoms with Gasteiger partial charge < -0.3 is 15.4 Å². The summed E-state index contributed by atoms with van der Waals surface area (Å²) in [6, 6.07) is 15.1. The van der Waals surface area contributed by atoms with Gasteiger partial charge >= 0.3 is 0 Å². The Morgan fingerprint density at radius 2 is 2.03 bits per heavy atom. The van der Waals surface area contributed by atoms with E-state index in [-0.39, 0.29) is 12.5 Å². The first kappa shape index (κ1) is 19.8. The molecule has 0 radical (unpaired) electrons. The number of fused-ring (bicyclic) bond motifs is 1. The molecule has 2 aromatic heterocycles. The summed E-state index contributed by atoms with van der Waals surface area (Å²) >= 11 is 6.03. The van der Waals surface area contributed by atoms with Crippen molar-refractivity contribution in [1.82, 2.24) is 24.9 Å². The molecule has 2 heterocycles. The number of anilines is 1. The van der Waals surface area contributed by atoms with Crippen molar-refractivity contribution in [3.05, 3.63) is 65.9 Å². The zero-order valence-electron chi connectivity index (χ0n) is 16.4. The molecule has 0 spiro atoms. The van der Waals surface area contributed by atoms with E-state index in [1.807, 2.05) is 48.7 Å². The second-order valence-corrected chi connectivity index (χ2v) is 6.98. The van der Waals surface area contributed by atoms with Crippen LogP contribution in [0.25, 0.3) is 16.7 Å². The Morgan fingerprint density at radius 3 is 2.83 bits per heavy atom. The minimum Gasteiger partial charge on any atom is -0.495 e. The molecule has 0 saturated carbocycles. The van der Waals surface area contributed by atoms with E-state index in [2.05, 4.69) is 20.8 Å². The van der Waals surface area contributed by atoms with E-state index < -0.39 is 0 Å². The summed E-state index contributed by atoms with van der Waals surface area (Å²) in [5.74, 6) is 1.18. The number of nitrogens with zero attached hydrogens (tertiary/aromatic N) is 4. The summed E-state index contributed by atoms with van der Waals surface area (Å²) < 4.78 is 8.59. The van der Waals surface area contributed by atoms with Crippen LogP contribution in [0.15, 0.2) is 60.9 Å². The number of ether oxygens (including phenoxy) is 1. The average Bonchev–Trinajstić information content (AvgIpc) is 3.41. The fourth-order valence-corrected chi connectivity index (χ4v) is 3.36. The van der Waals surface area contributed by atoms with Gasteiger partial charge in [0, 0.05) is 42.6 Å². The molecule has 9 heteroatoms. The van der Waals surface area contributed by atoms with E-state index in [0.29, 0.717) is 29.7 Å². The van der Waals surface area contributed by atoms with E-state index in [0.717, 1.165) is 16.6 Å². The Labute approximate surface area is 178 Å². The van der Waals surface area contributed by atoms with Crippen molar-refractivity contribution in [2.75, 3.05) is 25.5 Å². The summed E-state index contributed by atoms with van der Waals surface area (Å²) in [7, 11) is 1.57. The Bertz CT molecular complexity index is 1160. The highest BCUT2D eigenvalue weighted by Crippen LogP contribution is 2.27. The van der Waals surface area contributed by atoms with Crippen LogP contribution in [-0.4, -0.2) is 45.7 Å². The molecule has 30 heavy (non-hydrogen) atoms. The van der Waals surface area contributed by atoms with Crippen LogP contribution in [0.1, 0.15) is 0 Å². The molecular formula is C21H21ClN6O2. The minimum atomic E-state index is -0.120. The van der Waals surface area contributed by atoms with Crippen molar-refractivity contribution >= 4 is 34.1 Å². The number of benzene rings is 2. The third-order valence-corrected chi connectivity index (χ3v) is 4.89. The molecule has 8 nitrogen and oxygen atoms in total. The third kappa shape index (κ3) is 4.23. The van der Waals surface area contributed by atoms with Gasteiger partial charge in [0.15, 0.2) is 5.82 Å². The second kappa shape index (κ2) is 8.87. The van der Waals surface area contributed by atoms with E-state index in [9.17, 15) is 4.79 Å². The van der Waals surface area contributed by atoms with Crippen LogP contribution in [0.4, 0.5) is 5.69 Å². The molecule has 4 rings (SSSR count). The molecule has 2 aromatic carbocycles. The summed E-state index contributed by atoms with van der Waals surface area (Å²) in [5, 5.41) is 16.5. The van der Waals surface area contributed by atoms with Gasteiger partial charge in [0.1, 0.15) is 12.3 Å². The van der Waals surface area contributed by atoms with Crippen molar-refractivity contribution in [1.29, 1.82) is 0 Å². The highest BCUT2D eigenvalue weighted by molar-refractivity contribution is 6.32. The smallest absolute Gasteiger partial charge is 0.241 e. The van der Waals surface area contributed by atoms with Crippen molar-refractivity contribution in [3.8, 4) is 11.6 Å². The lowest BCUT2D eigenvalue weighted by Crippen LogP contribution is -2.32. The Morgan fingerprint density at radius 1 is 1.17 bits per heavy atom. The first-order valence-corrected chi connectivity index (χ1v) is 9.83. The summed E-state index contributed by atoms with van der Waals surface area (Å²) in [6.07, 6.45) is 3.53. The van der Waals surface area contributed by atoms with Crippen molar-refractivity contribution in [3.63, 3.8) is 0 Å². The van der Waals surface area contributed by atoms with Crippen LogP contribution in [0, 0.1) is 0 Å². The molecule has 0 atom stereocenters. The van der Waals surface area contributed by atoms with Crippen LogP contribution in [0.5, 0.6) is 5.75 Å². The summed E-state index contributed by atoms with van der Waals surface area (Å²) in [6.45, 7) is 1.15. The van der Waals surface area contributed by atoms with Crippen LogP contribution < -0.4 is 15.4 Å². The molecule has 0 aliphatic heterocycles. The number of methoxy groups -OCH3 is 1. The van der Waals surface area contributed by atoms with Gasteiger partial charge in [-0.05, 0) is 30.3 Å². The fraction of sp³-hybridized carbons (Fsp3) is 0.190. The van der Waals surface area contributed by atoms with Gasteiger partial charge in [-0.15, -0.1) is 0 Å². The van der Waals surface area contributed by atoms with E-state index in [1.54, 1.807) is 28.7 Å². The number of carbonyl (C=O) groups excluding carboxylic acids is 1. The zero-order chi connectivity index (χ0) is 20.9. The SMILES string of the molecule is COc1cc(NCCNC(=O)Cn2nc(-n3cccn3)c3ccccc32)ccc1Cl. The van der Waals surface area contributed by atoms with Crippen LogP contribution in [-0.2, 0) is 11.3 Å². The number of hydrogen-bond acceptors (Lipinski definition) is 5. The van der Waals surface area contributed by atoms with Gasteiger partial charge in [0.2, 0.25) is 5.91 Å². The molecule has 0 unspecified atom stereocenters. The lowest BCUT2D eigenvalue weighted by Gasteiger charge is -2.10. The number of hydrogen-bond donors (Lipinski definition) is 2. The molecule has 4 aromatic rings. The molecule has 1 amide bonds. The van der Waals surface area contributed by atoms with Gasteiger partial charge in [-0.3, -0.25) is 9.48 Å². The molecule has 154 valence electrons. The van der Waals surface area contributed by atoms with Crippen molar-refractivity contribution in [2.45, 2.75) is 6.54 Å². The predicted molar refractivity (Wildman–Crippen MR) is 116 cm³/mol. The minimum absolute atomic E-state index is 0.120. The molecule has 2 N–H and O–H groups in total. The highest BCUT2D eigenvalue weighted by Gasteiger charge is 2.14. The Kier molecular flexibility index (Phi) is 5.85.